The van der Waals surface area contributed by atoms with Crippen LogP contribution in [0.2, 0.25) is 0 Å². The van der Waals surface area contributed by atoms with E-state index >= 15 is 0 Å². The summed E-state index contributed by atoms with van der Waals surface area (Å²) < 4.78 is 22.0. The maximum atomic E-state index is 12.0. The first-order chi connectivity index (χ1) is 14.6. The Morgan fingerprint density at radius 1 is 1.03 bits per heavy atom. The average molecular weight is 409 g/mol. The van der Waals surface area contributed by atoms with Gasteiger partial charge in [0.2, 0.25) is 0 Å². The zero-order valence-corrected chi connectivity index (χ0v) is 17.6. The number of nitrogens with zero attached hydrogens (tertiary/aromatic N) is 1. The second-order valence-electron chi connectivity index (χ2n) is 6.67. The summed E-state index contributed by atoms with van der Waals surface area (Å²) in [6.45, 7) is 4.76. The summed E-state index contributed by atoms with van der Waals surface area (Å²) >= 11 is 0. The van der Waals surface area contributed by atoms with Crippen LogP contribution in [0.1, 0.15) is 25.1 Å². The number of benzene rings is 2. The maximum Gasteiger partial charge on any atom is 0.335 e. The molecule has 0 spiro atoms. The van der Waals surface area contributed by atoms with Crippen molar-refractivity contribution in [1.29, 1.82) is 0 Å². The summed E-state index contributed by atoms with van der Waals surface area (Å²) in [5, 5.41) is 0.971. The van der Waals surface area contributed by atoms with Gasteiger partial charge in [-0.15, -0.1) is 0 Å². The zero-order valence-electron chi connectivity index (χ0n) is 17.6. The van der Waals surface area contributed by atoms with Crippen LogP contribution in [0.15, 0.2) is 54.6 Å². The number of carbonyl (C=O) groups excluding carboxylic acids is 1. The number of methoxy groups -OCH3 is 1. The molecule has 0 bridgehead atoms. The number of pyridine rings is 1. The lowest BCUT2D eigenvalue weighted by atomic mass is 10.1. The van der Waals surface area contributed by atoms with Crippen molar-refractivity contribution >= 4 is 16.9 Å². The Hall–Kier alpha value is -3.12. The molecule has 0 amide bonds. The van der Waals surface area contributed by atoms with Crippen LogP contribution in [0.3, 0.4) is 0 Å². The van der Waals surface area contributed by atoms with Gasteiger partial charge in [-0.2, -0.15) is 0 Å². The third-order valence-electron chi connectivity index (χ3n) is 4.60. The van der Waals surface area contributed by atoms with Crippen LogP contribution in [0.4, 0.5) is 0 Å². The van der Waals surface area contributed by atoms with E-state index in [1.807, 2.05) is 61.5 Å². The van der Waals surface area contributed by atoms with Crippen LogP contribution < -0.4 is 9.47 Å². The standard InChI is InChI=1S/C24H27NO5/c1-4-28-23(24(26)29-5-2)14-17-10-12-19(13-11-17)30-16-18-15-22(27-3)20-8-6-7-9-21(20)25-18/h6-13,15,23H,4-5,14,16H2,1-3H3. The van der Waals surface area contributed by atoms with E-state index in [4.69, 9.17) is 18.9 Å². The highest BCUT2D eigenvalue weighted by Crippen LogP contribution is 2.25. The predicted octanol–water partition coefficient (Wildman–Crippen LogP) is 4.33. The first-order valence-electron chi connectivity index (χ1n) is 10.1. The normalized spacial score (nSPS) is 11.8. The summed E-state index contributed by atoms with van der Waals surface area (Å²) in [4.78, 5) is 16.7. The maximum absolute atomic E-state index is 12.0. The molecular weight excluding hydrogens is 382 g/mol. The number of aromatic nitrogens is 1. The Bertz CT molecular complexity index is 971. The molecule has 1 aromatic heterocycles. The molecule has 0 saturated carbocycles. The van der Waals surface area contributed by atoms with Gasteiger partial charge in [0.05, 0.1) is 24.9 Å². The summed E-state index contributed by atoms with van der Waals surface area (Å²) in [5.41, 5.74) is 2.62. The van der Waals surface area contributed by atoms with Crippen molar-refractivity contribution in [2.75, 3.05) is 20.3 Å². The van der Waals surface area contributed by atoms with Gasteiger partial charge in [-0.25, -0.2) is 9.78 Å². The second-order valence-corrected chi connectivity index (χ2v) is 6.67. The number of rotatable bonds is 10. The molecule has 3 rings (SSSR count). The minimum absolute atomic E-state index is 0.324. The Morgan fingerprint density at radius 2 is 1.80 bits per heavy atom. The highest BCUT2D eigenvalue weighted by molar-refractivity contribution is 5.85. The van der Waals surface area contributed by atoms with E-state index in [0.717, 1.165) is 33.7 Å². The number of ether oxygens (including phenoxy) is 4. The van der Waals surface area contributed by atoms with Gasteiger partial charge in [0, 0.05) is 24.5 Å². The molecule has 1 unspecified atom stereocenters. The minimum Gasteiger partial charge on any atom is -0.496 e. The average Bonchev–Trinajstić information content (AvgIpc) is 2.77. The molecule has 1 heterocycles. The topological polar surface area (TPSA) is 66.9 Å². The highest BCUT2D eigenvalue weighted by Gasteiger charge is 2.20. The van der Waals surface area contributed by atoms with Crippen molar-refractivity contribution in [3.63, 3.8) is 0 Å². The quantitative estimate of drug-likeness (QED) is 0.464. The van der Waals surface area contributed by atoms with Crippen molar-refractivity contribution in [3.8, 4) is 11.5 Å². The number of hydrogen-bond acceptors (Lipinski definition) is 6. The van der Waals surface area contributed by atoms with Crippen molar-refractivity contribution in [1.82, 2.24) is 4.98 Å². The number of fused-ring (bicyclic) bond motifs is 1. The van der Waals surface area contributed by atoms with Crippen LogP contribution in [0.25, 0.3) is 10.9 Å². The first kappa shape index (κ1) is 21.6. The van der Waals surface area contributed by atoms with Crippen molar-refractivity contribution in [2.24, 2.45) is 0 Å². The fourth-order valence-corrected chi connectivity index (χ4v) is 3.18. The van der Waals surface area contributed by atoms with Gasteiger partial charge in [0.1, 0.15) is 18.1 Å². The summed E-state index contributed by atoms with van der Waals surface area (Å²) in [5.74, 6) is 1.16. The fourth-order valence-electron chi connectivity index (χ4n) is 3.18. The number of esters is 1. The lowest BCUT2D eigenvalue weighted by molar-refractivity contribution is -0.156. The SMILES string of the molecule is CCOC(=O)C(Cc1ccc(OCc2cc(OC)c3ccccc3n2)cc1)OCC. The van der Waals surface area contributed by atoms with Crippen LogP contribution in [0, 0.1) is 0 Å². The first-order valence-corrected chi connectivity index (χ1v) is 10.1. The predicted molar refractivity (Wildman–Crippen MR) is 115 cm³/mol. The molecule has 3 aromatic rings. The van der Waals surface area contributed by atoms with Crippen LogP contribution in [0.5, 0.6) is 11.5 Å². The Balaban J connectivity index is 1.64. The van der Waals surface area contributed by atoms with Crippen molar-refractivity contribution in [3.05, 3.63) is 65.9 Å². The van der Waals surface area contributed by atoms with E-state index < -0.39 is 6.10 Å². The minimum atomic E-state index is -0.601. The van der Waals surface area contributed by atoms with Crippen molar-refractivity contribution < 1.29 is 23.7 Å². The van der Waals surface area contributed by atoms with Crippen molar-refractivity contribution in [2.45, 2.75) is 33.0 Å². The Morgan fingerprint density at radius 3 is 2.50 bits per heavy atom. The molecule has 1 atom stereocenters. The van der Waals surface area contributed by atoms with Gasteiger partial charge < -0.3 is 18.9 Å². The van der Waals surface area contributed by atoms with E-state index in [1.165, 1.54) is 0 Å². The Labute approximate surface area is 176 Å². The van der Waals surface area contributed by atoms with Crippen LogP contribution >= 0.6 is 0 Å². The highest BCUT2D eigenvalue weighted by atomic mass is 16.6. The summed E-state index contributed by atoms with van der Waals surface area (Å²) in [7, 11) is 1.65. The summed E-state index contributed by atoms with van der Waals surface area (Å²) in [6.07, 6.45) is -0.146. The van der Waals surface area contributed by atoms with Crippen LogP contribution in [-0.2, 0) is 27.3 Å². The molecule has 30 heavy (non-hydrogen) atoms. The van der Waals surface area contributed by atoms with Gasteiger partial charge in [-0.05, 0) is 43.7 Å². The number of para-hydroxylation sites is 1. The lowest BCUT2D eigenvalue weighted by Crippen LogP contribution is -2.28. The number of hydrogen-bond donors (Lipinski definition) is 0. The molecule has 0 aliphatic rings. The smallest absolute Gasteiger partial charge is 0.335 e. The molecule has 0 fully saturated rings. The van der Waals surface area contributed by atoms with Gasteiger partial charge in [-0.1, -0.05) is 24.3 Å². The van der Waals surface area contributed by atoms with Crippen LogP contribution in [-0.4, -0.2) is 37.4 Å². The molecule has 0 aliphatic heterocycles. The van der Waals surface area contributed by atoms with E-state index in [2.05, 4.69) is 4.98 Å². The molecule has 6 nitrogen and oxygen atoms in total. The van der Waals surface area contributed by atoms with Gasteiger partial charge in [-0.3, -0.25) is 0 Å². The molecule has 2 aromatic carbocycles. The second kappa shape index (κ2) is 10.6. The van der Waals surface area contributed by atoms with Gasteiger partial charge >= 0.3 is 5.97 Å². The third kappa shape index (κ3) is 5.48. The lowest BCUT2D eigenvalue weighted by Gasteiger charge is -2.16. The Kier molecular flexibility index (Phi) is 7.63. The molecule has 6 heteroatoms. The van der Waals surface area contributed by atoms with E-state index in [-0.39, 0.29) is 5.97 Å². The fraction of sp³-hybridized carbons (Fsp3) is 0.333. The largest absolute Gasteiger partial charge is 0.496 e. The number of carbonyl (C=O) groups is 1. The zero-order chi connectivity index (χ0) is 21.3. The molecule has 0 N–H and O–H groups in total. The molecule has 158 valence electrons. The van der Waals surface area contributed by atoms with Gasteiger partial charge in [0.15, 0.2) is 6.10 Å². The monoisotopic (exact) mass is 409 g/mol. The molecule has 0 aliphatic carbocycles. The van der Waals surface area contributed by atoms with E-state index in [9.17, 15) is 4.79 Å². The van der Waals surface area contributed by atoms with E-state index in [1.54, 1.807) is 14.0 Å². The third-order valence-corrected chi connectivity index (χ3v) is 4.60. The molecular formula is C24H27NO5. The van der Waals surface area contributed by atoms with Gasteiger partial charge in [0.25, 0.3) is 0 Å². The molecule has 0 saturated heterocycles. The molecule has 0 radical (unpaired) electrons. The van der Waals surface area contributed by atoms with E-state index in [0.29, 0.717) is 26.2 Å². The summed E-state index contributed by atoms with van der Waals surface area (Å²) in [6, 6.07) is 17.3.